The number of hydrogen-bond acceptors (Lipinski definition) is 6. The fourth-order valence-electron chi connectivity index (χ4n) is 2.94. The molecule has 0 radical (unpaired) electrons. The van der Waals surface area contributed by atoms with Crippen LogP contribution < -0.4 is 5.32 Å². The zero-order valence-corrected chi connectivity index (χ0v) is 17.2. The summed E-state index contributed by atoms with van der Waals surface area (Å²) in [5.41, 5.74) is 1.14. The molecule has 0 saturated heterocycles. The lowest BCUT2D eigenvalue weighted by atomic mass is 9.95. The van der Waals surface area contributed by atoms with Gasteiger partial charge in [0, 0.05) is 27.3 Å². The van der Waals surface area contributed by atoms with Gasteiger partial charge < -0.3 is 24.1 Å². The number of aromatic nitrogens is 1. The molecule has 0 bridgehead atoms. The predicted octanol–water partition coefficient (Wildman–Crippen LogP) is 2.22. The van der Waals surface area contributed by atoms with Crippen LogP contribution in [0.5, 0.6) is 0 Å². The summed E-state index contributed by atoms with van der Waals surface area (Å²) in [5, 5.41) is 2.69. The second kappa shape index (κ2) is 12.0. The second-order valence-corrected chi connectivity index (χ2v) is 6.50. The number of rotatable bonds is 12. The summed E-state index contributed by atoms with van der Waals surface area (Å²) in [6.07, 6.45) is 1.97. The van der Waals surface area contributed by atoms with Crippen LogP contribution in [-0.4, -0.2) is 62.2 Å². The molecule has 1 heterocycles. The molecule has 0 aliphatic carbocycles. The summed E-state index contributed by atoms with van der Waals surface area (Å²) in [6.45, 7) is 3.73. The number of amides is 2. The van der Waals surface area contributed by atoms with Crippen LogP contribution in [0, 0.1) is 0 Å². The van der Waals surface area contributed by atoms with E-state index in [0.717, 1.165) is 5.56 Å². The van der Waals surface area contributed by atoms with Crippen molar-refractivity contribution in [2.75, 3.05) is 40.5 Å². The zero-order chi connectivity index (χ0) is 21.1. The van der Waals surface area contributed by atoms with Crippen molar-refractivity contribution < 1.29 is 23.5 Å². The topological polar surface area (TPSA) is 93.9 Å². The van der Waals surface area contributed by atoms with Gasteiger partial charge in [0.15, 0.2) is 5.69 Å². The first kappa shape index (κ1) is 22.6. The lowest BCUT2D eigenvalue weighted by molar-refractivity contribution is -0.134. The highest BCUT2D eigenvalue weighted by Gasteiger charge is 2.26. The van der Waals surface area contributed by atoms with Crippen LogP contribution in [0.2, 0.25) is 0 Å². The highest BCUT2D eigenvalue weighted by Crippen LogP contribution is 2.23. The maximum absolute atomic E-state index is 13.2. The van der Waals surface area contributed by atoms with Crippen molar-refractivity contribution in [2.45, 2.75) is 25.8 Å². The number of hydrogen-bond donors (Lipinski definition) is 1. The van der Waals surface area contributed by atoms with E-state index < -0.39 is 0 Å². The minimum atomic E-state index is -0.345. The number of carbonyl (C=O) groups is 2. The summed E-state index contributed by atoms with van der Waals surface area (Å²) >= 11 is 0. The number of nitrogens with zero attached hydrogens (tertiary/aromatic N) is 2. The monoisotopic (exact) mass is 403 g/mol. The van der Waals surface area contributed by atoms with Crippen LogP contribution in [-0.2, 0) is 20.8 Å². The van der Waals surface area contributed by atoms with Crippen LogP contribution >= 0.6 is 0 Å². The van der Waals surface area contributed by atoms with Gasteiger partial charge in [-0.2, -0.15) is 0 Å². The summed E-state index contributed by atoms with van der Waals surface area (Å²) < 4.78 is 15.5. The van der Waals surface area contributed by atoms with Gasteiger partial charge in [-0.3, -0.25) is 9.59 Å². The summed E-state index contributed by atoms with van der Waals surface area (Å²) in [7, 11) is 3.15. The quantitative estimate of drug-likeness (QED) is 0.546. The summed E-state index contributed by atoms with van der Waals surface area (Å²) in [6, 6.07) is 9.68. The molecular formula is C21H29N3O5. The maximum Gasteiger partial charge on any atom is 0.273 e. The largest absolute Gasteiger partial charge is 0.446 e. The molecule has 1 aromatic carbocycles. The Balaban J connectivity index is 2.10. The van der Waals surface area contributed by atoms with Crippen LogP contribution in [0.15, 0.2) is 41.0 Å². The van der Waals surface area contributed by atoms with E-state index in [9.17, 15) is 9.59 Å². The van der Waals surface area contributed by atoms with Gasteiger partial charge in [0.2, 0.25) is 11.8 Å². The molecule has 0 fully saturated rings. The van der Waals surface area contributed by atoms with Crippen molar-refractivity contribution in [3.05, 3.63) is 53.7 Å². The van der Waals surface area contributed by atoms with E-state index in [1.54, 1.807) is 19.1 Å². The van der Waals surface area contributed by atoms with Crippen molar-refractivity contribution in [1.29, 1.82) is 0 Å². The third-order valence-electron chi connectivity index (χ3n) is 4.49. The van der Waals surface area contributed by atoms with Crippen LogP contribution in [0.1, 0.15) is 41.2 Å². The zero-order valence-electron chi connectivity index (χ0n) is 17.2. The summed E-state index contributed by atoms with van der Waals surface area (Å²) in [5.74, 6) is -0.336. The molecular weight excluding hydrogens is 374 g/mol. The Bertz CT molecular complexity index is 763. The molecule has 2 amide bonds. The molecule has 8 heteroatoms. The molecule has 2 aromatic rings. The molecule has 0 aliphatic rings. The van der Waals surface area contributed by atoms with E-state index in [4.69, 9.17) is 13.9 Å². The fraction of sp³-hybridized carbons (Fsp3) is 0.476. The third kappa shape index (κ3) is 6.69. The molecule has 158 valence electrons. The minimum Gasteiger partial charge on any atom is -0.446 e. The van der Waals surface area contributed by atoms with E-state index in [1.165, 1.54) is 6.26 Å². The predicted molar refractivity (Wildman–Crippen MR) is 107 cm³/mol. The fourth-order valence-corrected chi connectivity index (χ4v) is 2.94. The number of carbonyl (C=O) groups excluding carboxylic acids is 2. The van der Waals surface area contributed by atoms with Crippen molar-refractivity contribution in [1.82, 2.24) is 15.2 Å². The molecule has 0 aliphatic heterocycles. The average molecular weight is 403 g/mol. The smallest absolute Gasteiger partial charge is 0.273 e. The minimum absolute atomic E-state index is 0.0277. The molecule has 2 rings (SSSR count). The first-order chi connectivity index (χ1) is 14.1. The van der Waals surface area contributed by atoms with Crippen molar-refractivity contribution in [3.8, 4) is 0 Å². The first-order valence-electron chi connectivity index (χ1n) is 9.64. The molecule has 1 unspecified atom stereocenters. The Morgan fingerprint density at radius 1 is 1.17 bits per heavy atom. The Hall–Kier alpha value is -2.71. The molecule has 1 N–H and O–H groups in total. The molecule has 0 saturated carbocycles. The van der Waals surface area contributed by atoms with E-state index >= 15 is 0 Å². The van der Waals surface area contributed by atoms with E-state index in [2.05, 4.69) is 10.3 Å². The van der Waals surface area contributed by atoms with Gasteiger partial charge in [0.05, 0.1) is 25.7 Å². The van der Waals surface area contributed by atoms with Gasteiger partial charge in [0.1, 0.15) is 6.26 Å². The standard InChI is InChI=1S/C21H29N3O5/c1-4-17(16-8-6-5-7-9-16)21(26)24(11-13-28-3)14-19-23-18(15-29-19)20(25)22-10-12-27-2/h5-9,15,17H,4,10-14H2,1-3H3,(H,22,25). The van der Waals surface area contributed by atoms with Crippen molar-refractivity contribution >= 4 is 11.8 Å². The highest BCUT2D eigenvalue weighted by atomic mass is 16.5. The molecule has 1 aromatic heterocycles. The van der Waals surface area contributed by atoms with Gasteiger partial charge in [-0.25, -0.2) is 4.98 Å². The van der Waals surface area contributed by atoms with Gasteiger partial charge in [-0.15, -0.1) is 0 Å². The number of ether oxygens (including phenoxy) is 2. The Labute approximate surface area is 171 Å². The Morgan fingerprint density at radius 2 is 1.90 bits per heavy atom. The van der Waals surface area contributed by atoms with Crippen molar-refractivity contribution in [2.24, 2.45) is 0 Å². The van der Waals surface area contributed by atoms with Gasteiger partial charge in [0.25, 0.3) is 5.91 Å². The van der Waals surface area contributed by atoms with E-state index in [1.807, 2.05) is 37.3 Å². The number of methoxy groups -OCH3 is 2. The SMILES string of the molecule is CCC(C(=O)N(CCOC)Cc1nc(C(=O)NCCOC)co1)c1ccccc1. The molecule has 8 nitrogen and oxygen atoms in total. The second-order valence-electron chi connectivity index (χ2n) is 6.50. The Kier molecular flexibility index (Phi) is 9.33. The first-order valence-corrected chi connectivity index (χ1v) is 9.64. The maximum atomic E-state index is 13.2. The lowest BCUT2D eigenvalue weighted by Crippen LogP contribution is -2.37. The van der Waals surface area contributed by atoms with Crippen LogP contribution in [0.3, 0.4) is 0 Å². The highest BCUT2D eigenvalue weighted by molar-refractivity contribution is 5.91. The van der Waals surface area contributed by atoms with E-state index in [-0.39, 0.29) is 30.0 Å². The van der Waals surface area contributed by atoms with Crippen LogP contribution in [0.25, 0.3) is 0 Å². The average Bonchev–Trinajstić information content (AvgIpc) is 3.21. The molecule has 29 heavy (non-hydrogen) atoms. The van der Waals surface area contributed by atoms with Gasteiger partial charge >= 0.3 is 0 Å². The Morgan fingerprint density at radius 3 is 2.55 bits per heavy atom. The molecule has 1 atom stereocenters. The lowest BCUT2D eigenvalue weighted by Gasteiger charge is -2.26. The number of nitrogens with one attached hydrogen (secondary N) is 1. The summed E-state index contributed by atoms with van der Waals surface area (Å²) in [4.78, 5) is 31.2. The number of benzene rings is 1. The van der Waals surface area contributed by atoms with Crippen molar-refractivity contribution in [3.63, 3.8) is 0 Å². The van der Waals surface area contributed by atoms with Gasteiger partial charge in [-0.1, -0.05) is 37.3 Å². The normalized spacial score (nSPS) is 11.8. The third-order valence-corrected chi connectivity index (χ3v) is 4.49. The van der Waals surface area contributed by atoms with Crippen LogP contribution in [0.4, 0.5) is 0 Å². The number of oxazole rings is 1. The molecule has 0 spiro atoms. The van der Waals surface area contributed by atoms with Gasteiger partial charge in [-0.05, 0) is 12.0 Å². The van der Waals surface area contributed by atoms with E-state index in [0.29, 0.717) is 38.6 Å².